The Bertz CT molecular complexity index is 1000. The molecule has 3 N–H and O–H groups in total. The molecule has 0 bridgehead atoms. The van der Waals surface area contributed by atoms with Crippen molar-refractivity contribution in [2.75, 3.05) is 5.73 Å². The zero-order chi connectivity index (χ0) is 19.4. The maximum absolute atomic E-state index is 11.5. The van der Waals surface area contributed by atoms with Crippen molar-refractivity contribution in [3.05, 3.63) is 35.7 Å². The third-order valence-electron chi connectivity index (χ3n) is 4.30. The van der Waals surface area contributed by atoms with E-state index in [4.69, 9.17) is 5.73 Å². The van der Waals surface area contributed by atoms with E-state index in [9.17, 15) is 9.90 Å². The second-order valence-electron chi connectivity index (χ2n) is 8.61. The number of hydrogen-bond acceptors (Lipinski definition) is 4. The fourth-order valence-electron chi connectivity index (χ4n) is 2.91. The standard InChI is InChI=1S/C19H25N5O2/c1-18(2,3)14-10-15(20)23(21-14)11-7-8-13-12(9-11)16(19(4,5)6)22-24(13)17(25)26/h7-10H,20H2,1-6H3,(H,25,26). The van der Waals surface area contributed by atoms with Gasteiger partial charge in [0, 0.05) is 22.3 Å². The van der Waals surface area contributed by atoms with Crippen molar-refractivity contribution in [1.29, 1.82) is 0 Å². The number of anilines is 1. The lowest BCUT2D eigenvalue weighted by Crippen LogP contribution is -2.15. The van der Waals surface area contributed by atoms with Crippen LogP contribution < -0.4 is 5.73 Å². The number of nitrogen functional groups attached to an aromatic ring is 1. The first kappa shape index (κ1) is 18.0. The minimum Gasteiger partial charge on any atom is -0.463 e. The van der Waals surface area contributed by atoms with Gasteiger partial charge in [0.1, 0.15) is 5.82 Å². The molecular formula is C19H25N5O2. The largest absolute Gasteiger partial charge is 0.463 e. The quantitative estimate of drug-likeness (QED) is 0.689. The van der Waals surface area contributed by atoms with Gasteiger partial charge < -0.3 is 10.8 Å². The third kappa shape index (κ3) is 2.94. The Morgan fingerprint density at radius 3 is 2.19 bits per heavy atom. The Hall–Kier alpha value is -2.83. The second kappa shape index (κ2) is 5.59. The molecule has 0 aliphatic carbocycles. The molecule has 3 aromatic rings. The number of carbonyl (C=O) groups is 1. The lowest BCUT2D eigenvalue weighted by atomic mass is 9.90. The Kier molecular flexibility index (Phi) is 3.86. The van der Waals surface area contributed by atoms with Gasteiger partial charge in [-0.15, -0.1) is 0 Å². The van der Waals surface area contributed by atoms with E-state index in [0.717, 1.165) is 27.1 Å². The van der Waals surface area contributed by atoms with Crippen molar-refractivity contribution in [1.82, 2.24) is 19.6 Å². The predicted molar refractivity (Wildman–Crippen MR) is 102 cm³/mol. The maximum Gasteiger partial charge on any atom is 0.432 e. The minimum atomic E-state index is -1.10. The lowest BCUT2D eigenvalue weighted by molar-refractivity contribution is 0.193. The van der Waals surface area contributed by atoms with Crippen LogP contribution in [0.15, 0.2) is 24.3 Å². The van der Waals surface area contributed by atoms with Crippen LogP contribution in [0.5, 0.6) is 0 Å². The minimum absolute atomic E-state index is 0.117. The first-order valence-electron chi connectivity index (χ1n) is 8.52. The van der Waals surface area contributed by atoms with Crippen molar-refractivity contribution in [3.63, 3.8) is 0 Å². The van der Waals surface area contributed by atoms with Gasteiger partial charge in [-0.25, -0.2) is 9.48 Å². The summed E-state index contributed by atoms with van der Waals surface area (Å²) in [7, 11) is 0. The molecule has 0 aliphatic heterocycles. The first-order valence-corrected chi connectivity index (χ1v) is 8.52. The average Bonchev–Trinajstić information content (AvgIpc) is 3.06. The maximum atomic E-state index is 11.5. The summed E-state index contributed by atoms with van der Waals surface area (Å²) >= 11 is 0. The zero-order valence-corrected chi connectivity index (χ0v) is 16.0. The summed E-state index contributed by atoms with van der Waals surface area (Å²) in [6.07, 6.45) is -1.10. The average molecular weight is 355 g/mol. The molecule has 0 saturated heterocycles. The molecule has 0 fully saturated rings. The van der Waals surface area contributed by atoms with Crippen LogP contribution >= 0.6 is 0 Å². The molecule has 26 heavy (non-hydrogen) atoms. The number of carboxylic acid groups (broad SMARTS) is 1. The summed E-state index contributed by atoms with van der Waals surface area (Å²) in [5, 5.41) is 19.2. The van der Waals surface area contributed by atoms with Crippen LogP contribution in [-0.4, -0.2) is 30.8 Å². The second-order valence-corrected chi connectivity index (χ2v) is 8.61. The van der Waals surface area contributed by atoms with Crippen molar-refractivity contribution in [3.8, 4) is 5.69 Å². The van der Waals surface area contributed by atoms with Gasteiger partial charge in [0.25, 0.3) is 0 Å². The Morgan fingerprint density at radius 2 is 1.69 bits per heavy atom. The number of hydrogen-bond donors (Lipinski definition) is 2. The van der Waals surface area contributed by atoms with Crippen LogP contribution in [0, 0.1) is 0 Å². The van der Waals surface area contributed by atoms with Crippen LogP contribution in [0.4, 0.5) is 10.6 Å². The van der Waals surface area contributed by atoms with E-state index in [2.05, 4.69) is 31.0 Å². The van der Waals surface area contributed by atoms with E-state index in [1.807, 2.05) is 39.0 Å². The third-order valence-corrected chi connectivity index (χ3v) is 4.30. The molecule has 1 aromatic carbocycles. The van der Waals surface area contributed by atoms with E-state index < -0.39 is 6.09 Å². The van der Waals surface area contributed by atoms with Crippen molar-refractivity contribution in [2.24, 2.45) is 0 Å². The van der Waals surface area contributed by atoms with Gasteiger partial charge in [0.2, 0.25) is 0 Å². The van der Waals surface area contributed by atoms with Crippen LogP contribution in [0.3, 0.4) is 0 Å². The molecule has 7 heteroatoms. The normalized spacial score (nSPS) is 12.7. The molecule has 7 nitrogen and oxygen atoms in total. The molecule has 3 rings (SSSR count). The molecule has 0 unspecified atom stereocenters. The van der Waals surface area contributed by atoms with E-state index in [-0.39, 0.29) is 10.8 Å². The molecule has 0 amide bonds. The number of nitrogens with zero attached hydrogens (tertiary/aromatic N) is 4. The molecule has 0 aliphatic rings. The fraction of sp³-hybridized carbons (Fsp3) is 0.421. The highest BCUT2D eigenvalue weighted by atomic mass is 16.4. The summed E-state index contributed by atoms with van der Waals surface area (Å²) in [6.45, 7) is 12.3. The molecule has 2 aromatic heterocycles. The number of nitrogens with two attached hydrogens (primary N) is 1. The predicted octanol–water partition coefficient (Wildman–Crippen LogP) is 3.93. The van der Waals surface area contributed by atoms with Gasteiger partial charge in [-0.2, -0.15) is 14.9 Å². The monoisotopic (exact) mass is 355 g/mol. The van der Waals surface area contributed by atoms with Gasteiger partial charge in [-0.3, -0.25) is 0 Å². The number of rotatable bonds is 1. The molecular weight excluding hydrogens is 330 g/mol. The molecule has 0 radical (unpaired) electrons. The number of benzene rings is 1. The smallest absolute Gasteiger partial charge is 0.432 e. The summed E-state index contributed by atoms with van der Waals surface area (Å²) < 4.78 is 2.71. The zero-order valence-electron chi connectivity index (χ0n) is 16.0. The Balaban J connectivity index is 2.25. The molecule has 138 valence electrons. The summed E-state index contributed by atoms with van der Waals surface area (Å²) in [4.78, 5) is 11.5. The summed E-state index contributed by atoms with van der Waals surface area (Å²) in [5.74, 6) is 0.539. The highest BCUT2D eigenvalue weighted by Gasteiger charge is 2.25. The number of fused-ring (bicyclic) bond motifs is 1. The highest BCUT2D eigenvalue weighted by Crippen LogP contribution is 2.32. The lowest BCUT2D eigenvalue weighted by Gasteiger charge is -2.16. The van der Waals surface area contributed by atoms with Crippen molar-refractivity contribution in [2.45, 2.75) is 52.4 Å². The van der Waals surface area contributed by atoms with Gasteiger partial charge in [-0.1, -0.05) is 41.5 Å². The molecule has 2 heterocycles. The van der Waals surface area contributed by atoms with Crippen LogP contribution in [0.25, 0.3) is 16.6 Å². The van der Waals surface area contributed by atoms with E-state index >= 15 is 0 Å². The van der Waals surface area contributed by atoms with Gasteiger partial charge >= 0.3 is 6.09 Å². The van der Waals surface area contributed by atoms with Crippen molar-refractivity contribution < 1.29 is 9.90 Å². The summed E-state index contributed by atoms with van der Waals surface area (Å²) in [6, 6.07) is 7.33. The Labute approximate surface area is 152 Å². The topological polar surface area (TPSA) is 99.0 Å². The molecule has 0 spiro atoms. The van der Waals surface area contributed by atoms with E-state index in [1.54, 1.807) is 10.7 Å². The first-order chi connectivity index (χ1) is 11.9. The van der Waals surface area contributed by atoms with Crippen LogP contribution in [0.1, 0.15) is 52.9 Å². The van der Waals surface area contributed by atoms with E-state index in [0.29, 0.717) is 11.3 Å². The SMILES string of the molecule is CC(C)(C)c1cc(N)n(-c2ccc3c(c2)c(C(C)(C)C)nn3C(=O)O)n1. The van der Waals surface area contributed by atoms with E-state index in [1.165, 1.54) is 0 Å². The highest BCUT2D eigenvalue weighted by molar-refractivity contribution is 5.91. The molecule has 0 saturated carbocycles. The van der Waals surface area contributed by atoms with Gasteiger partial charge in [0.15, 0.2) is 0 Å². The van der Waals surface area contributed by atoms with Crippen LogP contribution in [-0.2, 0) is 10.8 Å². The van der Waals surface area contributed by atoms with Gasteiger partial charge in [-0.05, 0) is 18.2 Å². The molecule has 0 atom stereocenters. The summed E-state index contributed by atoms with van der Waals surface area (Å²) in [5.41, 5.74) is 8.70. The van der Waals surface area contributed by atoms with Crippen molar-refractivity contribution >= 4 is 22.8 Å². The van der Waals surface area contributed by atoms with Crippen LogP contribution in [0.2, 0.25) is 0 Å². The number of aromatic nitrogens is 4. The Morgan fingerprint density at radius 1 is 1.04 bits per heavy atom. The fourth-order valence-corrected chi connectivity index (χ4v) is 2.91. The van der Waals surface area contributed by atoms with Gasteiger partial charge in [0.05, 0.1) is 22.6 Å².